The number of nitrogens with zero attached hydrogens (tertiary/aromatic N) is 5. The number of anilines is 2. The maximum absolute atomic E-state index is 12.7. The second-order valence-electron chi connectivity index (χ2n) is 7.67. The van der Waals surface area contributed by atoms with Gasteiger partial charge in [0.05, 0.1) is 22.3 Å². The molecule has 1 fully saturated rings. The summed E-state index contributed by atoms with van der Waals surface area (Å²) in [5, 5.41) is 7.32. The van der Waals surface area contributed by atoms with E-state index in [1.54, 1.807) is 10.9 Å². The number of carbonyl (C=O) groups excluding carboxylic acids is 1. The third-order valence-corrected chi connectivity index (χ3v) is 5.42. The molecule has 2 N–H and O–H groups in total. The zero-order chi connectivity index (χ0) is 20.7. The number of amides is 1. The minimum atomic E-state index is -0.183. The van der Waals surface area contributed by atoms with Crippen LogP contribution < -0.4 is 10.2 Å². The molecule has 4 aromatic rings. The Labute approximate surface area is 174 Å². The van der Waals surface area contributed by atoms with Gasteiger partial charge in [0.25, 0.3) is 5.91 Å². The quantitative estimate of drug-likeness (QED) is 0.546. The lowest BCUT2D eigenvalue weighted by Gasteiger charge is -2.16. The van der Waals surface area contributed by atoms with E-state index in [0.717, 1.165) is 47.2 Å². The number of nitrogens with one attached hydrogen (secondary N) is 2. The normalized spacial score (nSPS) is 13.9. The Morgan fingerprint density at radius 2 is 1.97 bits per heavy atom. The van der Waals surface area contributed by atoms with Gasteiger partial charge >= 0.3 is 0 Å². The number of hydrogen-bond acceptors (Lipinski definition) is 5. The molecule has 1 aromatic carbocycles. The van der Waals surface area contributed by atoms with E-state index in [1.165, 1.54) is 12.8 Å². The highest BCUT2D eigenvalue weighted by Gasteiger charge is 2.15. The van der Waals surface area contributed by atoms with Gasteiger partial charge < -0.3 is 15.2 Å². The Hall–Kier alpha value is -3.68. The summed E-state index contributed by atoms with van der Waals surface area (Å²) >= 11 is 0. The average Bonchev–Trinajstić information content (AvgIpc) is 3.47. The van der Waals surface area contributed by atoms with E-state index < -0.39 is 0 Å². The summed E-state index contributed by atoms with van der Waals surface area (Å²) < 4.78 is 1.80. The molecule has 1 aliphatic rings. The predicted octanol–water partition coefficient (Wildman–Crippen LogP) is 3.52. The molecule has 0 bridgehead atoms. The fourth-order valence-corrected chi connectivity index (χ4v) is 3.90. The molecule has 152 valence electrons. The highest BCUT2D eigenvalue weighted by Crippen LogP contribution is 2.24. The first kappa shape index (κ1) is 18.4. The Kier molecular flexibility index (Phi) is 4.46. The van der Waals surface area contributed by atoms with Gasteiger partial charge in [-0.15, -0.1) is 0 Å². The van der Waals surface area contributed by atoms with Gasteiger partial charge in [0, 0.05) is 32.0 Å². The zero-order valence-electron chi connectivity index (χ0n) is 17.0. The largest absolute Gasteiger partial charge is 0.357 e. The number of hydrogen-bond donors (Lipinski definition) is 2. The lowest BCUT2D eigenvalue weighted by Crippen LogP contribution is -2.19. The molecule has 8 heteroatoms. The van der Waals surface area contributed by atoms with Crippen LogP contribution in [0.15, 0.2) is 42.6 Å². The lowest BCUT2D eigenvalue weighted by atomic mass is 10.2. The summed E-state index contributed by atoms with van der Waals surface area (Å²) in [5.74, 6) is 1.50. The summed E-state index contributed by atoms with van der Waals surface area (Å²) in [7, 11) is 1.89. The highest BCUT2D eigenvalue weighted by molar-refractivity contribution is 6.04. The number of fused-ring (bicyclic) bond motifs is 1. The van der Waals surface area contributed by atoms with Crippen molar-refractivity contribution in [2.75, 3.05) is 23.3 Å². The molecule has 5 rings (SSSR count). The molecule has 30 heavy (non-hydrogen) atoms. The van der Waals surface area contributed by atoms with Crippen LogP contribution >= 0.6 is 0 Å². The Balaban J connectivity index is 1.34. The first-order chi connectivity index (χ1) is 14.6. The van der Waals surface area contributed by atoms with Crippen LogP contribution in [0, 0.1) is 6.92 Å². The van der Waals surface area contributed by atoms with Gasteiger partial charge in [-0.25, -0.2) is 9.97 Å². The first-order valence-electron chi connectivity index (χ1n) is 10.1. The fraction of sp³-hybridized carbons (Fsp3) is 0.273. The van der Waals surface area contributed by atoms with Crippen LogP contribution in [0.2, 0.25) is 0 Å². The molecule has 0 saturated carbocycles. The number of rotatable bonds is 4. The number of carbonyl (C=O) groups is 1. The molecule has 8 nitrogen and oxygen atoms in total. The van der Waals surface area contributed by atoms with Crippen LogP contribution in [-0.2, 0) is 7.05 Å². The van der Waals surface area contributed by atoms with Gasteiger partial charge in [-0.2, -0.15) is 5.10 Å². The number of H-pyrrole nitrogens is 1. The van der Waals surface area contributed by atoms with E-state index in [-0.39, 0.29) is 5.91 Å². The van der Waals surface area contributed by atoms with Crippen LogP contribution in [0.4, 0.5) is 11.5 Å². The van der Waals surface area contributed by atoms with E-state index in [4.69, 9.17) is 0 Å². The molecule has 0 spiro atoms. The second kappa shape index (κ2) is 7.29. The minimum absolute atomic E-state index is 0.183. The van der Waals surface area contributed by atoms with Crippen LogP contribution in [0.3, 0.4) is 0 Å². The summed E-state index contributed by atoms with van der Waals surface area (Å²) in [6, 6.07) is 11.4. The molecular weight excluding hydrogens is 378 g/mol. The molecule has 3 aromatic heterocycles. The number of imidazole rings is 1. The van der Waals surface area contributed by atoms with E-state index in [9.17, 15) is 4.79 Å². The summed E-state index contributed by atoms with van der Waals surface area (Å²) in [6.07, 6.45) is 4.03. The van der Waals surface area contributed by atoms with Crippen LogP contribution in [0.25, 0.3) is 22.6 Å². The van der Waals surface area contributed by atoms with Gasteiger partial charge in [0.15, 0.2) is 5.82 Å². The van der Waals surface area contributed by atoms with Gasteiger partial charge in [0.1, 0.15) is 11.5 Å². The number of benzene rings is 1. The lowest BCUT2D eigenvalue weighted by molar-refractivity contribution is 0.102. The van der Waals surface area contributed by atoms with Crippen LogP contribution in [-0.4, -0.2) is 43.7 Å². The molecule has 1 saturated heterocycles. The summed E-state index contributed by atoms with van der Waals surface area (Å²) in [5.41, 5.74) is 4.77. The van der Waals surface area contributed by atoms with Crippen LogP contribution in [0.1, 0.15) is 28.9 Å². The SMILES string of the molecule is Cc1cc(-c2nc3ccc(NC(=O)c4ccc(N5CCCC5)nc4)cc3[nH]2)n(C)n1. The second-order valence-corrected chi connectivity index (χ2v) is 7.67. The fourth-order valence-electron chi connectivity index (χ4n) is 3.90. The third kappa shape index (κ3) is 3.41. The Morgan fingerprint density at radius 1 is 1.13 bits per heavy atom. The van der Waals surface area contributed by atoms with E-state index in [2.05, 4.69) is 30.3 Å². The molecule has 1 aliphatic heterocycles. The van der Waals surface area contributed by atoms with Crippen molar-refractivity contribution in [2.24, 2.45) is 7.05 Å². The van der Waals surface area contributed by atoms with Crippen molar-refractivity contribution in [1.82, 2.24) is 24.7 Å². The third-order valence-electron chi connectivity index (χ3n) is 5.42. The molecule has 0 unspecified atom stereocenters. The van der Waals surface area contributed by atoms with Crippen molar-refractivity contribution < 1.29 is 4.79 Å². The molecule has 0 radical (unpaired) electrons. The van der Waals surface area contributed by atoms with E-state index in [0.29, 0.717) is 11.3 Å². The monoisotopic (exact) mass is 401 g/mol. The number of pyridine rings is 1. The van der Waals surface area contributed by atoms with Crippen molar-refractivity contribution in [3.05, 3.63) is 53.9 Å². The smallest absolute Gasteiger partial charge is 0.257 e. The molecule has 0 atom stereocenters. The molecule has 4 heterocycles. The Bertz CT molecular complexity index is 1220. The summed E-state index contributed by atoms with van der Waals surface area (Å²) in [6.45, 7) is 4.01. The topological polar surface area (TPSA) is 91.7 Å². The van der Waals surface area contributed by atoms with Gasteiger partial charge in [-0.05, 0) is 56.2 Å². The van der Waals surface area contributed by atoms with Crippen molar-refractivity contribution in [3.63, 3.8) is 0 Å². The van der Waals surface area contributed by atoms with Gasteiger partial charge in [-0.3, -0.25) is 9.48 Å². The van der Waals surface area contributed by atoms with Crippen molar-refractivity contribution in [1.29, 1.82) is 0 Å². The maximum atomic E-state index is 12.7. The minimum Gasteiger partial charge on any atom is -0.357 e. The van der Waals surface area contributed by atoms with Crippen molar-refractivity contribution >= 4 is 28.4 Å². The van der Waals surface area contributed by atoms with E-state index >= 15 is 0 Å². The predicted molar refractivity (Wildman–Crippen MR) is 117 cm³/mol. The molecular formula is C22H23N7O. The van der Waals surface area contributed by atoms with Gasteiger partial charge in [-0.1, -0.05) is 0 Å². The molecule has 1 amide bonds. The zero-order valence-corrected chi connectivity index (χ0v) is 17.0. The Morgan fingerprint density at radius 3 is 2.67 bits per heavy atom. The van der Waals surface area contributed by atoms with Crippen molar-refractivity contribution in [3.8, 4) is 11.5 Å². The number of aromatic nitrogens is 5. The standard InChI is InChI=1S/C22H23N7O/c1-14-11-19(28(2)27-14)21-25-17-7-6-16(12-18(17)26-21)24-22(30)15-5-8-20(23-13-15)29-9-3-4-10-29/h5-8,11-13H,3-4,9-10H2,1-2H3,(H,24,30)(H,25,26). The summed E-state index contributed by atoms with van der Waals surface area (Å²) in [4.78, 5) is 27.3. The van der Waals surface area contributed by atoms with Gasteiger partial charge in [0.2, 0.25) is 0 Å². The van der Waals surface area contributed by atoms with Crippen LogP contribution in [0.5, 0.6) is 0 Å². The van der Waals surface area contributed by atoms with E-state index in [1.807, 2.05) is 50.4 Å². The first-order valence-corrected chi connectivity index (χ1v) is 10.1. The number of aryl methyl sites for hydroxylation is 2. The average molecular weight is 401 g/mol. The maximum Gasteiger partial charge on any atom is 0.257 e. The van der Waals surface area contributed by atoms with Crippen molar-refractivity contribution in [2.45, 2.75) is 19.8 Å². The number of aromatic amines is 1. The molecule has 0 aliphatic carbocycles. The highest BCUT2D eigenvalue weighted by atomic mass is 16.1.